The molecule has 2 aromatic rings. The zero-order valence-electron chi connectivity index (χ0n) is 23.2. The first-order chi connectivity index (χ1) is 19.4. The van der Waals surface area contributed by atoms with Crippen LogP contribution in [0.1, 0.15) is 72.9 Å². The number of phosphoric acid groups is 1. The van der Waals surface area contributed by atoms with Gasteiger partial charge in [0.25, 0.3) is 5.91 Å². The highest BCUT2D eigenvalue weighted by molar-refractivity contribution is 7.46. The largest absolute Gasteiger partial charge is 0.524 e. The SMILES string of the molecule is COc1ccc(NC(=O)CCO[C@H]2CC[C@H]3[C@@H]4CCc5cc(OP(=O)(O)O)ccc5[C@H]4CC[C@]23C)c(O)c1C(N)=O. The van der Waals surface area contributed by atoms with Crippen LogP contribution in [0.25, 0.3) is 0 Å². The molecule has 0 saturated heterocycles. The van der Waals surface area contributed by atoms with E-state index in [1.54, 1.807) is 12.1 Å². The van der Waals surface area contributed by atoms with E-state index in [9.17, 15) is 19.3 Å². The summed E-state index contributed by atoms with van der Waals surface area (Å²) in [4.78, 5) is 42.7. The van der Waals surface area contributed by atoms with E-state index in [0.717, 1.165) is 44.1 Å². The molecule has 0 unspecified atom stereocenters. The Bertz CT molecular complexity index is 1390. The number of nitrogens with one attached hydrogen (secondary N) is 1. The van der Waals surface area contributed by atoms with Crippen LogP contribution in [0.2, 0.25) is 0 Å². The number of carbonyl (C=O) groups excluding carboxylic acids is 2. The normalized spacial score (nSPS) is 26.8. The summed E-state index contributed by atoms with van der Waals surface area (Å²) < 4.78 is 27.5. The van der Waals surface area contributed by atoms with E-state index in [1.165, 1.54) is 24.8 Å². The summed E-state index contributed by atoms with van der Waals surface area (Å²) in [6.07, 6.45) is 5.95. The van der Waals surface area contributed by atoms with Crippen LogP contribution >= 0.6 is 7.82 Å². The third kappa shape index (κ3) is 5.81. The lowest BCUT2D eigenvalue weighted by molar-refractivity contribution is -0.119. The summed E-state index contributed by atoms with van der Waals surface area (Å²) in [5, 5.41) is 13.1. The van der Waals surface area contributed by atoms with Crippen LogP contribution in [0.15, 0.2) is 30.3 Å². The van der Waals surface area contributed by atoms with Crippen molar-refractivity contribution in [1.29, 1.82) is 0 Å². The average Bonchev–Trinajstić information content (AvgIpc) is 3.24. The van der Waals surface area contributed by atoms with Gasteiger partial charge in [-0.05, 0) is 97.1 Å². The fraction of sp³-hybridized carbons (Fsp3) is 0.517. The van der Waals surface area contributed by atoms with Crippen molar-refractivity contribution >= 4 is 25.3 Å². The first-order valence-electron chi connectivity index (χ1n) is 13.9. The van der Waals surface area contributed by atoms with Crippen LogP contribution in [-0.4, -0.2) is 46.5 Å². The van der Waals surface area contributed by atoms with Crippen molar-refractivity contribution in [3.63, 3.8) is 0 Å². The fourth-order valence-corrected chi connectivity index (χ4v) is 7.96. The number of aromatic hydroxyl groups is 1. The van der Waals surface area contributed by atoms with Gasteiger partial charge in [-0.15, -0.1) is 0 Å². The lowest BCUT2D eigenvalue weighted by Crippen LogP contribution is -2.44. The number of methoxy groups -OCH3 is 1. The molecular weight excluding hydrogens is 551 g/mol. The minimum absolute atomic E-state index is 0.00323. The number of rotatable bonds is 9. The second kappa shape index (κ2) is 11.3. The van der Waals surface area contributed by atoms with Gasteiger partial charge in [0.05, 0.1) is 31.9 Å². The van der Waals surface area contributed by atoms with Crippen molar-refractivity contribution in [2.45, 2.75) is 63.9 Å². The van der Waals surface area contributed by atoms with E-state index >= 15 is 0 Å². The van der Waals surface area contributed by atoms with Gasteiger partial charge in [0, 0.05) is 0 Å². The predicted octanol–water partition coefficient (Wildman–Crippen LogP) is 4.24. The van der Waals surface area contributed by atoms with E-state index in [0.29, 0.717) is 17.8 Å². The number of fused-ring (bicyclic) bond motifs is 5. The molecule has 2 fully saturated rings. The Morgan fingerprint density at radius 1 is 1.15 bits per heavy atom. The molecule has 5 atom stereocenters. The van der Waals surface area contributed by atoms with Gasteiger partial charge in [0.15, 0.2) is 5.75 Å². The molecule has 0 heterocycles. The van der Waals surface area contributed by atoms with Crippen molar-refractivity contribution in [3.8, 4) is 17.2 Å². The Morgan fingerprint density at radius 2 is 1.93 bits per heavy atom. The summed E-state index contributed by atoms with van der Waals surface area (Å²) in [5.74, 6) is 0.0571. The van der Waals surface area contributed by atoms with Crippen molar-refractivity contribution in [1.82, 2.24) is 0 Å². The number of hydrogen-bond acceptors (Lipinski definition) is 7. The van der Waals surface area contributed by atoms with Crippen LogP contribution in [0.3, 0.4) is 0 Å². The van der Waals surface area contributed by atoms with Gasteiger partial charge in [-0.25, -0.2) is 4.57 Å². The number of ether oxygens (including phenoxy) is 2. The molecule has 0 aliphatic heterocycles. The fourth-order valence-electron chi connectivity index (χ4n) is 7.57. The van der Waals surface area contributed by atoms with E-state index in [2.05, 4.69) is 12.2 Å². The van der Waals surface area contributed by atoms with Gasteiger partial charge in [-0.1, -0.05) is 13.0 Å². The molecule has 6 N–H and O–H groups in total. The second-order valence-electron chi connectivity index (χ2n) is 11.5. The third-order valence-corrected chi connectivity index (χ3v) is 9.81. The minimum atomic E-state index is -4.60. The molecule has 0 radical (unpaired) electrons. The standard InChI is InChI=1S/C29H37N2O9P/c1-29-13-11-19-18-6-4-17(40-41(35,36)37)15-16(18)3-5-20(19)21(29)7-10-24(29)39-14-12-25(32)31-22-8-9-23(38-2)26(27(22)33)28(30)34/h4,6,8-9,15,19-21,24,33H,3,5,7,10-14H2,1-2H3,(H2,30,34)(H,31,32)(H2,35,36,37)/t19-,20-,21+,24+,29+/m1/s1. The molecule has 3 aliphatic carbocycles. The monoisotopic (exact) mass is 588 g/mol. The van der Waals surface area contributed by atoms with E-state index in [4.69, 9.17) is 29.5 Å². The number of aryl methyl sites for hydroxylation is 1. The number of phosphoric ester groups is 1. The molecule has 5 rings (SSSR count). The molecular formula is C29H37N2O9P. The summed E-state index contributed by atoms with van der Waals surface area (Å²) in [6, 6.07) is 8.30. The molecule has 0 spiro atoms. The van der Waals surface area contributed by atoms with Gasteiger partial charge < -0.3 is 30.2 Å². The molecule has 11 nitrogen and oxygen atoms in total. The Morgan fingerprint density at radius 3 is 2.63 bits per heavy atom. The van der Waals surface area contributed by atoms with Crippen LogP contribution in [0.4, 0.5) is 5.69 Å². The van der Waals surface area contributed by atoms with Crippen LogP contribution in [0, 0.1) is 17.3 Å². The summed E-state index contributed by atoms with van der Waals surface area (Å²) in [7, 11) is -3.24. The zero-order valence-corrected chi connectivity index (χ0v) is 24.1. The highest BCUT2D eigenvalue weighted by atomic mass is 31.2. The molecule has 2 aromatic carbocycles. The first-order valence-corrected chi connectivity index (χ1v) is 15.4. The molecule has 2 amide bonds. The highest BCUT2D eigenvalue weighted by Gasteiger charge is 2.55. The van der Waals surface area contributed by atoms with E-state index < -0.39 is 19.5 Å². The Hall–Kier alpha value is -3.11. The minimum Gasteiger partial charge on any atom is -0.505 e. The van der Waals surface area contributed by atoms with Crippen LogP contribution < -0.4 is 20.3 Å². The topological polar surface area (TPSA) is 178 Å². The summed E-state index contributed by atoms with van der Waals surface area (Å²) >= 11 is 0. The van der Waals surface area contributed by atoms with E-state index in [-0.39, 0.29) is 53.2 Å². The summed E-state index contributed by atoms with van der Waals surface area (Å²) in [5.41, 5.74) is 7.60. The number of phenols is 1. The maximum absolute atomic E-state index is 12.6. The number of benzene rings is 2. The highest BCUT2D eigenvalue weighted by Crippen LogP contribution is 2.61. The number of carbonyl (C=O) groups is 2. The number of primary amides is 1. The van der Waals surface area contributed by atoms with Gasteiger partial charge in [0.1, 0.15) is 17.1 Å². The van der Waals surface area contributed by atoms with Crippen molar-refractivity contribution < 1.29 is 43.0 Å². The van der Waals surface area contributed by atoms with Crippen molar-refractivity contribution in [3.05, 3.63) is 47.0 Å². The van der Waals surface area contributed by atoms with Gasteiger partial charge in [-0.2, -0.15) is 0 Å². The number of amides is 2. The quantitative estimate of drug-likeness (QED) is 0.212. The smallest absolute Gasteiger partial charge is 0.505 e. The molecule has 41 heavy (non-hydrogen) atoms. The lowest BCUT2D eigenvalue weighted by atomic mass is 9.55. The Balaban J connectivity index is 1.19. The van der Waals surface area contributed by atoms with Crippen molar-refractivity contribution in [2.75, 3.05) is 19.0 Å². The van der Waals surface area contributed by atoms with Crippen molar-refractivity contribution in [2.24, 2.45) is 23.0 Å². The van der Waals surface area contributed by atoms with Gasteiger partial charge >= 0.3 is 7.82 Å². The molecule has 12 heteroatoms. The molecule has 0 bridgehead atoms. The average molecular weight is 589 g/mol. The van der Waals surface area contributed by atoms with Gasteiger partial charge in [0.2, 0.25) is 5.91 Å². The zero-order chi connectivity index (χ0) is 29.5. The molecule has 222 valence electrons. The number of nitrogens with two attached hydrogens (primary N) is 1. The third-order valence-electron chi connectivity index (χ3n) is 9.36. The van der Waals surface area contributed by atoms with Crippen LogP contribution in [-0.2, 0) is 20.5 Å². The first kappa shape index (κ1) is 29.4. The van der Waals surface area contributed by atoms with Gasteiger partial charge in [-0.3, -0.25) is 19.4 Å². The Kier molecular flexibility index (Phi) is 8.09. The molecule has 3 aliphatic rings. The molecule has 0 aromatic heterocycles. The second-order valence-corrected chi connectivity index (χ2v) is 12.7. The molecule has 2 saturated carbocycles. The maximum Gasteiger partial charge on any atom is 0.524 e. The van der Waals surface area contributed by atoms with Crippen LogP contribution in [0.5, 0.6) is 17.2 Å². The van der Waals surface area contributed by atoms with E-state index in [1.807, 2.05) is 6.07 Å². The summed E-state index contributed by atoms with van der Waals surface area (Å²) in [6.45, 7) is 2.54. The number of anilines is 1. The lowest BCUT2D eigenvalue weighted by Gasteiger charge is -2.50. The predicted molar refractivity (Wildman–Crippen MR) is 150 cm³/mol. The number of hydrogen-bond donors (Lipinski definition) is 5. The maximum atomic E-state index is 12.6. The Labute approximate surface area is 238 Å².